The molecular weight excluding hydrogens is 478 g/mol. The molecule has 4 rings (SSSR count). The average Bonchev–Trinajstić information content (AvgIpc) is 3.30. The first-order valence-corrected chi connectivity index (χ1v) is 12.8. The maximum Gasteiger partial charge on any atom is 0.328 e. The summed E-state index contributed by atoms with van der Waals surface area (Å²) in [5, 5.41) is 10.2. The molecule has 0 spiro atoms. The number of benzene rings is 3. The van der Waals surface area contributed by atoms with E-state index in [4.69, 9.17) is 4.74 Å². The topological polar surface area (TPSA) is 46.5 Å². The predicted molar refractivity (Wildman–Crippen MR) is 144 cm³/mol. The molecule has 1 N–H and O–H groups in total. The summed E-state index contributed by atoms with van der Waals surface area (Å²) in [4.78, 5) is 12.1. The van der Waals surface area contributed by atoms with Gasteiger partial charge in [0.15, 0.2) is 0 Å². The van der Waals surface area contributed by atoms with Crippen LogP contribution in [-0.2, 0) is 11.2 Å². The fraction of sp³-hybridized carbons (Fsp3) is 0.233. The van der Waals surface area contributed by atoms with Crippen LogP contribution in [0.5, 0.6) is 5.75 Å². The molecule has 3 aromatic carbocycles. The number of thiophene rings is 1. The third-order valence-electron chi connectivity index (χ3n) is 5.96. The zero-order valence-electron chi connectivity index (χ0n) is 20.3. The summed E-state index contributed by atoms with van der Waals surface area (Å²) in [6, 6.07) is 22.2. The maximum atomic E-state index is 12.9. The van der Waals surface area contributed by atoms with E-state index in [1.807, 2.05) is 42.5 Å². The maximum absolute atomic E-state index is 12.9. The van der Waals surface area contributed by atoms with Crippen molar-refractivity contribution in [2.24, 2.45) is 0 Å². The summed E-state index contributed by atoms with van der Waals surface area (Å²) in [6.45, 7) is 3.80. The van der Waals surface area contributed by atoms with Gasteiger partial charge in [0, 0.05) is 33.0 Å². The van der Waals surface area contributed by atoms with Crippen molar-refractivity contribution < 1.29 is 23.4 Å². The highest BCUT2D eigenvalue weighted by molar-refractivity contribution is 7.20. The number of aliphatic carboxylic acids is 1. The van der Waals surface area contributed by atoms with E-state index in [9.17, 15) is 18.7 Å². The molecule has 4 aromatic rings. The van der Waals surface area contributed by atoms with E-state index >= 15 is 0 Å². The summed E-state index contributed by atoms with van der Waals surface area (Å²) in [6.07, 6.45) is 0.0760. The van der Waals surface area contributed by atoms with Crippen LogP contribution < -0.4 is 4.74 Å². The van der Waals surface area contributed by atoms with Crippen molar-refractivity contribution in [2.45, 2.75) is 39.5 Å². The number of allylic oxidation sites excluding steroid dienone is 1. The van der Waals surface area contributed by atoms with E-state index in [0.29, 0.717) is 11.3 Å². The first-order valence-electron chi connectivity index (χ1n) is 11.9. The van der Waals surface area contributed by atoms with Gasteiger partial charge in [-0.05, 0) is 65.4 Å². The van der Waals surface area contributed by atoms with Gasteiger partial charge in [-0.25, -0.2) is 13.6 Å². The van der Waals surface area contributed by atoms with Crippen molar-refractivity contribution in [1.82, 2.24) is 0 Å². The Hall–Kier alpha value is -3.51. The Morgan fingerprint density at radius 3 is 2.50 bits per heavy atom. The Balaban J connectivity index is 1.94. The monoisotopic (exact) mass is 506 g/mol. The highest BCUT2D eigenvalue weighted by Crippen LogP contribution is 2.43. The lowest BCUT2D eigenvalue weighted by atomic mass is 9.92. The number of carboxylic acid groups (broad SMARTS) is 1. The zero-order valence-corrected chi connectivity index (χ0v) is 21.1. The van der Waals surface area contributed by atoms with Crippen LogP contribution in [0.15, 0.2) is 72.8 Å². The van der Waals surface area contributed by atoms with Gasteiger partial charge in [0.25, 0.3) is 0 Å². The minimum Gasteiger partial charge on any atom is -0.492 e. The Morgan fingerprint density at radius 2 is 1.81 bits per heavy atom. The van der Waals surface area contributed by atoms with E-state index in [2.05, 4.69) is 31.2 Å². The van der Waals surface area contributed by atoms with E-state index < -0.39 is 12.4 Å². The fourth-order valence-corrected chi connectivity index (χ4v) is 5.37. The van der Waals surface area contributed by atoms with Crippen LogP contribution >= 0.6 is 11.3 Å². The molecule has 186 valence electrons. The first kappa shape index (κ1) is 25.6. The molecule has 0 saturated carbocycles. The average molecular weight is 507 g/mol. The predicted octanol–water partition coefficient (Wildman–Crippen LogP) is 8.71. The van der Waals surface area contributed by atoms with Crippen LogP contribution in [-0.4, -0.2) is 24.1 Å². The molecule has 0 aliphatic carbocycles. The smallest absolute Gasteiger partial charge is 0.328 e. The van der Waals surface area contributed by atoms with Crippen LogP contribution in [0, 0.1) is 0 Å². The van der Waals surface area contributed by atoms with Crippen LogP contribution in [0.2, 0.25) is 0 Å². The normalized spacial score (nSPS) is 11.9. The Labute approximate surface area is 213 Å². The molecule has 0 fully saturated rings. The number of hydrogen-bond acceptors (Lipinski definition) is 3. The number of hydrogen-bond donors (Lipinski definition) is 1. The van der Waals surface area contributed by atoms with Crippen LogP contribution in [0.25, 0.3) is 37.9 Å². The van der Waals surface area contributed by atoms with Gasteiger partial charge in [0.2, 0.25) is 6.43 Å². The second-order valence-electron chi connectivity index (χ2n) is 8.65. The minimum atomic E-state index is -2.43. The highest BCUT2D eigenvalue weighted by atomic mass is 32.1. The molecule has 0 saturated heterocycles. The summed E-state index contributed by atoms with van der Waals surface area (Å²) in [5.41, 5.74) is 5.54. The zero-order chi connectivity index (χ0) is 25.7. The number of alkyl halides is 2. The van der Waals surface area contributed by atoms with Gasteiger partial charge in [0.05, 0.1) is 6.61 Å². The van der Waals surface area contributed by atoms with E-state index in [-0.39, 0.29) is 13.0 Å². The molecule has 0 radical (unpaired) electrons. The largest absolute Gasteiger partial charge is 0.492 e. The molecule has 0 atom stereocenters. The summed E-state index contributed by atoms with van der Waals surface area (Å²) in [7, 11) is 0. The highest BCUT2D eigenvalue weighted by Gasteiger charge is 2.19. The van der Waals surface area contributed by atoms with Gasteiger partial charge < -0.3 is 9.84 Å². The van der Waals surface area contributed by atoms with Gasteiger partial charge in [0.1, 0.15) is 5.75 Å². The number of ether oxygens (including phenoxy) is 1. The fourth-order valence-electron chi connectivity index (χ4n) is 4.31. The third-order valence-corrected chi connectivity index (χ3v) is 7.19. The Bertz CT molecular complexity index is 1390. The molecule has 1 heterocycles. The SMILES string of the molecule is CCCc1cc(-c2ccccc2)cc(-c2cccc3sc(/C(C)=C\C(=O)O)cc23)c1OCCC(F)F. The third kappa shape index (κ3) is 5.82. The van der Waals surface area contributed by atoms with Crippen LogP contribution in [0.4, 0.5) is 8.78 Å². The standard InChI is InChI=1S/C30H28F2O3S/c1-3-8-21-16-22(20-9-5-4-6-10-20)17-25(30(21)35-14-13-28(31)32)23-11-7-12-26-24(23)18-27(36-26)19(2)15-29(33)34/h4-7,9-12,15-18,28H,3,8,13-14H2,1-2H3,(H,33,34)/b19-15-. The van der Waals surface area contributed by atoms with Gasteiger partial charge in [-0.2, -0.15) is 0 Å². The number of rotatable bonds is 10. The number of carbonyl (C=O) groups is 1. The lowest BCUT2D eigenvalue weighted by molar-refractivity contribution is -0.131. The number of carboxylic acids is 1. The van der Waals surface area contributed by atoms with Gasteiger partial charge >= 0.3 is 5.97 Å². The Kier molecular flexibility index (Phi) is 8.16. The molecular formula is C30H28F2O3S. The molecule has 0 unspecified atom stereocenters. The lowest BCUT2D eigenvalue weighted by Gasteiger charge is -2.19. The number of fused-ring (bicyclic) bond motifs is 1. The van der Waals surface area contributed by atoms with E-state index in [1.54, 1.807) is 6.92 Å². The summed E-state index contributed by atoms with van der Waals surface area (Å²) >= 11 is 1.53. The van der Waals surface area contributed by atoms with Crippen LogP contribution in [0.3, 0.4) is 0 Å². The first-order chi connectivity index (χ1) is 17.4. The van der Waals surface area contributed by atoms with Crippen molar-refractivity contribution in [3.63, 3.8) is 0 Å². The second kappa shape index (κ2) is 11.5. The minimum absolute atomic E-state index is 0.0720. The van der Waals surface area contributed by atoms with Gasteiger partial charge in [-0.3, -0.25) is 0 Å². The van der Waals surface area contributed by atoms with Crippen molar-refractivity contribution in [1.29, 1.82) is 0 Å². The summed E-state index contributed by atoms with van der Waals surface area (Å²) in [5.74, 6) is -0.352. The van der Waals surface area contributed by atoms with E-state index in [0.717, 1.165) is 55.6 Å². The molecule has 0 amide bonds. The summed E-state index contributed by atoms with van der Waals surface area (Å²) < 4.78 is 33.0. The van der Waals surface area contributed by atoms with Crippen molar-refractivity contribution in [2.75, 3.05) is 6.61 Å². The number of aryl methyl sites for hydroxylation is 1. The lowest BCUT2D eigenvalue weighted by Crippen LogP contribution is -2.06. The molecule has 36 heavy (non-hydrogen) atoms. The molecule has 3 nitrogen and oxygen atoms in total. The van der Waals surface area contributed by atoms with Crippen LogP contribution in [0.1, 0.15) is 37.1 Å². The van der Waals surface area contributed by atoms with Gasteiger partial charge in [-0.15, -0.1) is 11.3 Å². The Morgan fingerprint density at radius 1 is 1.03 bits per heavy atom. The molecule has 6 heteroatoms. The molecule has 0 bridgehead atoms. The van der Waals surface area contributed by atoms with Crippen molar-refractivity contribution >= 4 is 33.0 Å². The second-order valence-corrected chi connectivity index (χ2v) is 9.73. The van der Waals surface area contributed by atoms with Crippen molar-refractivity contribution in [3.05, 3.63) is 83.2 Å². The quantitative estimate of drug-likeness (QED) is 0.219. The van der Waals surface area contributed by atoms with Gasteiger partial charge in [-0.1, -0.05) is 55.8 Å². The van der Waals surface area contributed by atoms with E-state index in [1.165, 1.54) is 17.4 Å². The van der Waals surface area contributed by atoms with Crippen molar-refractivity contribution in [3.8, 4) is 28.0 Å². The molecule has 0 aliphatic heterocycles. The molecule has 1 aromatic heterocycles. The number of halogens is 2. The molecule has 0 aliphatic rings.